The third-order valence-electron chi connectivity index (χ3n) is 3.86. The van der Waals surface area contributed by atoms with Crippen molar-refractivity contribution in [3.05, 3.63) is 64.6 Å². The maximum Gasteiger partial charge on any atom is 0.336 e. The van der Waals surface area contributed by atoms with Gasteiger partial charge in [0.2, 0.25) is 0 Å². The van der Waals surface area contributed by atoms with Gasteiger partial charge in [0.05, 0.1) is 0 Å². The molecule has 2 aromatic rings. The predicted molar refractivity (Wildman–Crippen MR) is 90.0 cm³/mol. The van der Waals surface area contributed by atoms with Crippen LogP contribution in [0, 0.1) is 0 Å². The number of rotatable bonds is 5. The maximum atomic E-state index is 11.3. The van der Waals surface area contributed by atoms with E-state index in [1.165, 1.54) is 6.07 Å². The van der Waals surface area contributed by atoms with Gasteiger partial charge in [0.25, 0.3) is 0 Å². The summed E-state index contributed by atoms with van der Waals surface area (Å²) in [5, 5.41) is 0.844. The van der Waals surface area contributed by atoms with Gasteiger partial charge in [0.15, 0.2) is 0 Å². The molecule has 0 amide bonds. The first-order valence-electron chi connectivity index (χ1n) is 7.72. The van der Waals surface area contributed by atoms with Gasteiger partial charge in [-0.2, -0.15) is 0 Å². The van der Waals surface area contributed by atoms with Crippen molar-refractivity contribution < 1.29 is 18.7 Å². The Morgan fingerprint density at radius 2 is 2.12 bits per heavy atom. The highest BCUT2D eigenvalue weighted by molar-refractivity contribution is 5.89. The Labute approximate surface area is 139 Å². The standard InChI is InChI=1S/C19H18O5/c1-12(9-16-10-13(2)19(21)23-16)7-8-22-15-5-3-14-4-6-18(20)24-17(14)11-15/h3-7,11,16H,2,8-10H2,1H3/b12-7+/t16-/m1/s1. The van der Waals surface area contributed by atoms with Crippen molar-refractivity contribution in [1.29, 1.82) is 0 Å². The molecule has 0 aliphatic carbocycles. The second kappa shape index (κ2) is 6.74. The topological polar surface area (TPSA) is 65.7 Å². The molecule has 1 aliphatic heterocycles. The van der Waals surface area contributed by atoms with Crippen LogP contribution in [0.25, 0.3) is 11.0 Å². The summed E-state index contributed by atoms with van der Waals surface area (Å²) in [5.41, 5.74) is 1.72. The summed E-state index contributed by atoms with van der Waals surface area (Å²) in [6.07, 6.45) is 3.06. The van der Waals surface area contributed by atoms with E-state index in [2.05, 4.69) is 6.58 Å². The first-order chi connectivity index (χ1) is 11.5. The van der Waals surface area contributed by atoms with Crippen LogP contribution in [-0.4, -0.2) is 18.7 Å². The summed E-state index contributed by atoms with van der Waals surface area (Å²) in [7, 11) is 0. The van der Waals surface area contributed by atoms with Crippen molar-refractivity contribution in [1.82, 2.24) is 0 Å². The van der Waals surface area contributed by atoms with Crippen molar-refractivity contribution in [3.8, 4) is 5.75 Å². The van der Waals surface area contributed by atoms with Gasteiger partial charge in [-0.3, -0.25) is 0 Å². The lowest BCUT2D eigenvalue weighted by molar-refractivity contribution is -0.138. The van der Waals surface area contributed by atoms with E-state index in [1.54, 1.807) is 12.1 Å². The smallest absolute Gasteiger partial charge is 0.336 e. The van der Waals surface area contributed by atoms with Crippen LogP contribution in [0.3, 0.4) is 0 Å². The van der Waals surface area contributed by atoms with E-state index < -0.39 is 0 Å². The first-order valence-corrected chi connectivity index (χ1v) is 7.72. The molecule has 1 fully saturated rings. The minimum absolute atomic E-state index is 0.129. The van der Waals surface area contributed by atoms with E-state index in [-0.39, 0.29) is 17.7 Å². The molecule has 1 aromatic heterocycles. The number of hydrogen-bond donors (Lipinski definition) is 0. The van der Waals surface area contributed by atoms with Gasteiger partial charge < -0.3 is 13.9 Å². The number of hydrogen-bond acceptors (Lipinski definition) is 5. The minimum Gasteiger partial charge on any atom is -0.489 e. The third-order valence-corrected chi connectivity index (χ3v) is 3.86. The van der Waals surface area contributed by atoms with Crippen LogP contribution in [0.5, 0.6) is 5.75 Å². The largest absolute Gasteiger partial charge is 0.489 e. The van der Waals surface area contributed by atoms with Gasteiger partial charge in [-0.05, 0) is 31.2 Å². The predicted octanol–water partition coefficient (Wildman–Crippen LogP) is 3.38. The van der Waals surface area contributed by atoms with Crippen LogP contribution < -0.4 is 10.4 Å². The zero-order chi connectivity index (χ0) is 17.1. The molecule has 1 aromatic carbocycles. The van der Waals surface area contributed by atoms with E-state index >= 15 is 0 Å². The molecule has 0 saturated carbocycles. The number of cyclic esters (lactones) is 1. The van der Waals surface area contributed by atoms with Gasteiger partial charge >= 0.3 is 11.6 Å². The monoisotopic (exact) mass is 326 g/mol. The summed E-state index contributed by atoms with van der Waals surface area (Å²) in [5.74, 6) is 0.322. The summed E-state index contributed by atoms with van der Waals surface area (Å²) in [6, 6.07) is 8.47. The van der Waals surface area contributed by atoms with Crippen molar-refractivity contribution in [3.63, 3.8) is 0 Å². The van der Waals surface area contributed by atoms with E-state index in [1.807, 2.05) is 25.1 Å². The molecule has 1 saturated heterocycles. The molecular weight excluding hydrogens is 308 g/mol. The Balaban J connectivity index is 1.58. The van der Waals surface area contributed by atoms with Gasteiger partial charge in [0, 0.05) is 35.9 Å². The van der Waals surface area contributed by atoms with Crippen LogP contribution in [0.15, 0.2) is 63.3 Å². The fourth-order valence-electron chi connectivity index (χ4n) is 2.60. The van der Waals surface area contributed by atoms with Gasteiger partial charge in [-0.25, -0.2) is 9.59 Å². The number of carbonyl (C=O) groups excluding carboxylic acids is 1. The molecular formula is C19H18O5. The summed E-state index contributed by atoms with van der Waals surface area (Å²) < 4.78 is 16.0. The Morgan fingerprint density at radius 1 is 1.33 bits per heavy atom. The molecule has 1 atom stereocenters. The summed E-state index contributed by atoms with van der Waals surface area (Å²) in [6.45, 7) is 6.03. The molecule has 0 radical (unpaired) electrons. The van der Waals surface area contributed by atoms with E-state index in [0.717, 1.165) is 11.0 Å². The van der Waals surface area contributed by atoms with Crippen molar-refractivity contribution in [2.24, 2.45) is 0 Å². The number of esters is 1. The van der Waals surface area contributed by atoms with Crippen molar-refractivity contribution >= 4 is 16.9 Å². The molecule has 0 bridgehead atoms. The lowest BCUT2D eigenvalue weighted by atomic mass is 10.1. The second-order valence-electron chi connectivity index (χ2n) is 5.85. The molecule has 5 nitrogen and oxygen atoms in total. The average molecular weight is 326 g/mol. The Bertz CT molecular complexity index is 859. The Hall–Kier alpha value is -2.82. The van der Waals surface area contributed by atoms with E-state index in [4.69, 9.17) is 13.9 Å². The van der Waals surface area contributed by atoms with Crippen LogP contribution in [0.4, 0.5) is 0 Å². The molecule has 124 valence electrons. The fourth-order valence-corrected chi connectivity index (χ4v) is 2.60. The van der Waals surface area contributed by atoms with E-state index in [9.17, 15) is 9.59 Å². The lowest BCUT2D eigenvalue weighted by Crippen LogP contribution is -2.07. The SMILES string of the molecule is C=C1C[C@@H](C/C(C)=C/COc2ccc3ccc(=O)oc3c2)OC1=O. The molecule has 24 heavy (non-hydrogen) atoms. The number of fused-ring (bicyclic) bond motifs is 1. The molecule has 2 heterocycles. The fraction of sp³-hybridized carbons (Fsp3) is 0.263. The second-order valence-corrected chi connectivity index (χ2v) is 5.85. The highest BCUT2D eigenvalue weighted by Crippen LogP contribution is 2.24. The van der Waals surface area contributed by atoms with Gasteiger partial charge in [-0.15, -0.1) is 0 Å². The number of ether oxygens (including phenoxy) is 2. The van der Waals surface area contributed by atoms with Gasteiger partial charge in [0.1, 0.15) is 24.0 Å². The molecule has 0 spiro atoms. The highest BCUT2D eigenvalue weighted by Gasteiger charge is 2.26. The minimum atomic E-state index is -0.386. The molecule has 3 rings (SSSR count). The van der Waals surface area contributed by atoms with Crippen molar-refractivity contribution in [2.45, 2.75) is 25.9 Å². The van der Waals surface area contributed by atoms with Crippen LogP contribution >= 0.6 is 0 Å². The maximum absolute atomic E-state index is 11.3. The third kappa shape index (κ3) is 3.74. The van der Waals surface area contributed by atoms with Gasteiger partial charge in [-0.1, -0.05) is 12.2 Å². The lowest BCUT2D eigenvalue weighted by Gasteiger charge is -2.09. The average Bonchev–Trinajstić information content (AvgIpc) is 2.84. The highest BCUT2D eigenvalue weighted by atomic mass is 16.5. The number of carbonyl (C=O) groups is 1. The normalized spacial score (nSPS) is 18.0. The Morgan fingerprint density at radius 3 is 2.88 bits per heavy atom. The van der Waals surface area contributed by atoms with E-state index in [0.29, 0.717) is 36.4 Å². The molecule has 1 aliphatic rings. The number of benzene rings is 1. The van der Waals surface area contributed by atoms with Crippen LogP contribution in [0.1, 0.15) is 19.8 Å². The first kappa shape index (κ1) is 16.1. The summed E-state index contributed by atoms with van der Waals surface area (Å²) in [4.78, 5) is 22.5. The van der Waals surface area contributed by atoms with Crippen LogP contribution in [-0.2, 0) is 9.53 Å². The molecule has 0 unspecified atom stereocenters. The zero-order valence-electron chi connectivity index (χ0n) is 13.4. The van der Waals surface area contributed by atoms with Crippen molar-refractivity contribution in [2.75, 3.05) is 6.61 Å². The summed E-state index contributed by atoms with van der Waals surface area (Å²) >= 11 is 0. The Kier molecular flexibility index (Phi) is 4.51. The quantitative estimate of drug-likeness (QED) is 0.365. The molecule has 0 N–H and O–H groups in total. The van der Waals surface area contributed by atoms with Crippen LogP contribution in [0.2, 0.25) is 0 Å². The zero-order valence-corrected chi connectivity index (χ0v) is 13.4. The molecule has 5 heteroatoms.